The number of non-ortho nitro benzene ring substituents is 1. The van der Waals surface area contributed by atoms with Crippen LogP contribution in [-0.2, 0) is 4.79 Å². The van der Waals surface area contributed by atoms with Crippen molar-refractivity contribution >= 4 is 23.1 Å². The highest BCUT2D eigenvalue weighted by atomic mass is 16.6. The molecule has 0 radical (unpaired) electrons. The summed E-state index contributed by atoms with van der Waals surface area (Å²) in [6.07, 6.45) is -0.0431. The lowest BCUT2D eigenvalue weighted by Crippen LogP contribution is -2.14. The van der Waals surface area contributed by atoms with Crippen molar-refractivity contribution in [2.75, 3.05) is 19.5 Å². The smallest absolute Gasteiger partial charge is 0.273 e. The molecule has 136 valence electrons. The summed E-state index contributed by atoms with van der Waals surface area (Å²) in [6.45, 7) is 0. The molecule has 0 aliphatic carbocycles. The first-order valence-corrected chi connectivity index (χ1v) is 7.74. The van der Waals surface area contributed by atoms with E-state index in [1.807, 2.05) is 0 Å². The molecule has 1 amide bonds. The van der Waals surface area contributed by atoms with E-state index in [1.54, 1.807) is 24.3 Å². The molecule has 0 aliphatic heterocycles. The first-order valence-electron chi connectivity index (χ1n) is 7.74. The Morgan fingerprint density at radius 2 is 1.73 bits per heavy atom. The van der Waals surface area contributed by atoms with Crippen LogP contribution in [0.2, 0.25) is 0 Å². The van der Waals surface area contributed by atoms with Crippen molar-refractivity contribution in [1.29, 1.82) is 0 Å². The molecule has 2 aromatic carbocycles. The summed E-state index contributed by atoms with van der Waals surface area (Å²) in [4.78, 5) is 34.6. The molecule has 26 heavy (non-hydrogen) atoms. The van der Waals surface area contributed by atoms with Gasteiger partial charge in [0, 0.05) is 18.9 Å². The number of hydrogen-bond donors (Lipinski definition) is 1. The van der Waals surface area contributed by atoms with E-state index in [-0.39, 0.29) is 30.1 Å². The summed E-state index contributed by atoms with van der Waals surface area (Å²) in [7, 11) is 2.82. The second kappa shape index (κ2) is 8.61. The fourth-order valence-electron chi connectivity index (χ4n) is 2.35. The summed E-state index contributed by atoms with van der Waals surface area (Å²) >= 11 is 0. The van der Waals surface area contributed by atoms with Crippen LogP contribution in [-0.4, -0.2) is 30.8 Å². The first kappa shape index (κ1) is 18.9. The predicted octanol–water partition coefficient (Wildman–Crippen LogP) is 3.21. The molecule has 0 fully saturated rings. The number of methoxy groups -OCH3 is 2. The number of ketones is 1. The van der Waals surface area contributed by atoms with E-state index < -0.39 is 10.8 Å². The maximum atomic E-state index is 12.3. The summed E-state index contributed by atoms with van der Waals surface area (Å²) in [6, 6.07) is 10.7. The predicted molar refractivity (Wildman–Crippen MR) is 94.8 cm³/mol. The molecule has 8 heteroatoms. The number of benzene rings is 2. The van der Waals surface area contributed by atoms with Crippen molar-refractivity contribution in [3.05, 3.63) is 58.1 Å². The van der Waals surface area contributed by atoms with Crippen LogP contribution in [0.3, 0.4) is 0 Å². The lowest BCUT2D eigenvalue weighted by Gasteiger charge is -2.10. The van der Waals surface area contributed by atoms with Gasteiger partial charge in [-0.05, 0) is 18.2 Å². The lowest BCUT2D eigenvalue weighted by atomic mass is 10.1. The van der Waals surface area contributed by atoms with Crippen LogP contribution in [0, 0.1) is 10.1 Å². The molecule has 0 heterocycles. The van der Waals surface area contributed by atoms with Gasteiger partial charge in [-0.3, -0.25) is 19.7 Å². The number of carbonyl (C=O) groups excluding carboxylic acids is 2. The third-order valence-corrected chi connectivity index (χ3v) is 3.66. The molecule has 0 saturated carbocycles. The van der Waals surface area contributed by atoms with Gasteiger partial charge in [0.2, 0.25) is 5.91 Å². The number of ether oxygens (including phenoxy) is 2. The van der Waals surface area contributed by atoms with Crippen molar-refractivity contribution in [1.82, 2.24) is 0 Å². The highest BCUT2D eigenvalue weighted by Crippen LogP contribution is 2.29. The number of anilines is 1. The van der Waals surface area contributed by atoms with Crippen LogP contribution in [0.15, 0.2) is 42.5 Å². The number of hydrogen-bond acceptors (Lipinski definition) is 6. The number of nitrogens with one attached hydrogen (secondary N) is 1. The van der Waals surface area contributed by atoms with Crippen LogP contribution in [0.5, 0.6) is 11.5 Å². The molecule has 0 spiro atoms. The molecule has 2 aromatic rings. The van der Waals surface area contributed by atoms with Gasteiger partial charge in [-0.15, -0.1) is 0 Å². The second-order valence-corrected chi connectivity index (χ2v) is 5.31. The average Bonchev–Trinajstić information content (AvgIpc) is 2.66. The Kier molecular flexibility index (Phi) is 6.26. The van der Waals surface area contributed by atoms with E-state index >= 15 is 0 Å². The normalized spacial score (nSPS) is 10.1. The van der Waals surface area contributed by atoms with Crippen molar-refractivity contribution in [3.63, 3.8) is 0 Å². The molecular formula is C18H18N2O6. The third-order valence-electron chi connectivity index (χ3n) is 3.66. The molecule has 8 nitrogen and oxygen atoms in total. The van der Waals surface area contributed by atoms with E-state index in [4.69, 9.17) is 9.47 Å². The quantitative estimate of drug-likeness (QED) is 0.441. The summed E-state index contributed by atoms with van der Waals surface area (Å²) in [5.74, 6) is 0.00668. The number of nitrogens with zero attached hydrogens (tertiary/aromatic N) is 1. The molecular weight excluding hydrogens is 340 g/mol. The monoisotopic (exact) mass is 358 g/mol. The van der Waals surface area contributed by atoms with E-state index in [2.05, 4.69) is 5.32 Å². The Balaban J connectivity index is 2.01. The van der Waals surface area contributed by atoms with Crippen molar-refractivity contribution < 1.29 is 24.0 Å². The Morgan fingerprint density at radius 3 is 2.38 bits per heavy atom. The van der Waals surface area contributed by atoms with Gasteiger partial charge in [-0.2, -0.15) is 0 Å². The number of nitro groups is 1. The number of carbonyl (C=O) groups is 2. The Labute approximate surface area is 149 Å². The minimum absolute atomic E-state index is 0.00149. The molecule has 1 N–H and O–H groups in total. The van der Waals surface area contributed by atoms with Gasteiger partial charge in [0.15, 0.2) is 5.78 Å². The summed E-state index contributed by atoms with van der Waals surface area (Å²) in [5, 5.41) is 13.4. The zero-order valence-corrected chi connectivity index (χ0v) is 14.4. The van der Waals surface area contributed by atoms with Crippen LogP contribution in [0.25, 0.3) is 0 Å². The molecule has 0 atom stereocenters. The number of rotatable bonds is 8. The fourth-order valence-corrected chi connectivity index (χ4v) is 2.35. The zero-order valence-electron chi connectivity index (χ0n) is 14.4. The number of para-hydroxylation sites is 1. The molecule has 0 bridgehead atoms. The Morgan fingerprint density at radius 1 is 1.04 bits per heavy atom. The van der Waals surface area contributed by atoms with Crippen LogP contribution in [0.4, 0.5) is 11.4 Å². The Hall–Kier alpha value is -3.42. The van der Waals surface area contributed by atoms with E-state index in [0.29, 0.717) is 17.0 Å². The van der Waals surface area contributed by atoms with Crippen molar-refractivity contribution in [2.45, 2.75) is 12.8 Å². The maximum absolute atomic E-state index is 12.3. The average molecular weight is 358 g/mol. The second-order valence-electron chi connectivity index (χ2n) is 5.31. The van der Waals surface area contributed by atoms with Crippen LogP contribution >= 0.6 is 0 Å². The van der Waals surface area contributed by atoms with Crippen molar-refractivity contribution in [2.24, 2.45) is 0 Å². The lowest BCUT2D eigenvalue weighted by molar-refractivity contribution is -0.384. The first-order chi connectivity index (χ1) is 12.5. The highest BCUT2D eigenvalue weighted by molar-refractivity contribution is 6.02. The van der Waals surface area contributed by atoms with Gasteiger partial charge in [0.1, 0.15) is 11.5 Å². The molecule has 2 rings (SSSR count). The molecule has 0 aliphatic rings. The number of Topliss-reactive ketones (excluding diaryl/α,β-unsaturated/α-hetero) is 1. The zero-order chi connectivity index (χ0) is 19.1. The van der Waals surface area contributed by atoms with Crippen LogP contribution in [0.1, 0.15) is 23.2 Å². The number of amides is 1. The van der Waals surface area contributed by atoms with Gasteiger partial charge >= 0.3 is 0 Å². The fraction of sp³-hybridized carbons (Fsp3) is 0.222. The van der Waals surface area contributed by atoms with Gasteiger partial charge in [-0.25, -0.2) is 0 Å². The minimum Gasteiger partial charge on any atom is -0.496 e. The van der Waals surface area contributed by atoms with Crippen LogP contribution < -0.4 is 14.8 Å². The van der Waals surface area contributed by atoms with Crippen molar-refractivity contribution in [3.8, 4) is 11.5 Å². The summed E-state index contributed by atoms with van der Waals surface area (Å²) < 4.78 is 10.2. The topological polar surface area (TPSA) is 108 Å². The SMILES string of the molecule is COc1cc([N+](=O)[O-])ccc1NC(=O)CCC(=O)c1ccccc1OC. The maximum Gasteiger partial charge on any atom is 0.273 e. The van der Waals surface area contributed by atoms with Gasteiger partial charge in [0.25, 0.3) is 5.69 Å². The van der Waals surface area contributed by atoms with Gasteiger partial charge < -0.3 is 14.8 Å². The van der Waals surface area contributed by atoms with Gasteiger partial charge in [-0.1, -0.05) is 12.1 Å². The molecule has 0 aromatic heterocycles. The van der Waals surface area contributed by atoms with E-state index in [0.717, 1.165) is 0 Å². The van der Waals surface area contributed by atoms with Gasteiger partial charge in [0.05, 0.1) is 36.5 Å². The summed E-state index contributed by atoms with van der Waals surface area (Å²) in [5.41, 5.74) is 0.565. The largest absolute Gasteiger partial charge is 0.496 e. The van der Waals surface area contributed by atoms with E-state index in [9.17, 15) is 19.7 Å². The van der Waals surface area contributed by atoms with E-state index in [1.165, 1.54) is 32.4 Å². The Bertz CT molecular complexity index is 834. The number of nitro benzene ring substituents is 1. The third kappa shape index (κ3) is 4.56. The molecule has 0 saturated heterocycles. The molecule has 0 unspecified atom stereocenters. The minimum atomic E-state index is -0.556. The standard InChI is InChI=1S/C18H18N2O6/c1-25-16-6-4-3-5-13(16)15(21)9-10-18(22)19-14-8-7-12(20(23)24)11-17(14)26-2/h3-8,11H,9-10H2,1-2H3,(H,19,22). The highest BCUT2D eigenvalue weighted by Gasteiger charge is 2.16.